The quantitative estimate of drug-likeness (QED) is 0.739. The van der Waals surface area contributed by atoms with E-state index in [4.69, 9.17) is 4.99 Å². The summed E-state index contributed by atoms with van der Waals surface area (Å²) in [5.41, 5.74) is 5.16. The van der Waals surface area contributed by atoms with Gasteiger partial charge in [0.1, 0.15) is 0 Å². The van der Waals surface area contributed by atoms with Crippen LogP contribution in [0.3, 0.4) is 0 Å². The molecule has 1 saturated carbocycles. The normalized spacial score (nSPS) is 19.6. The highest BCUT2D eigenvalue weighted by Crippen LogP contribution is 2.47. The average molecular weight is 273 g/mol. The summed E-state index contributed by atoms with van der Waals surface area (Å²) >= 11 is 0. The Bertz CT molecular complexity index is 689. The second-order valence-corrected chi connectivity index (χ2v) is 6.03. The topological polar surface area (TPSA) is 12.4 Å². The Morgan fingerprint density at radius 2 is 1.29 bits per heavy atom. The molecule has 1 aliphatic carbocycles. The van der Waals surface area contributed by atoms with Gasteiger partial charge in [-0.3, -0.25) is 4.99 Å². The monoisotopic (exact) mass is 273 g/mol. The van der Waals surface area contributed by atoms with Crippen molar-refractivity contribution in [1.82, 2.24) is 0 Å². The molecule has 1 heteroatoms. The SMILES string of the molecule is C1=C(c2ccccc2)C2(CCCC2)N=C1c1ccccc1. The molecule has 1 nitrogen and oxygen atoms in total. The highest BCUT2D eigenvalue weighted by atomic mass is 14.9. The van der Waals surface area contributed by atoms with Gasteiger partial charge in [0.25, 0.3) is 0 Å². The fraction of sp³-hybridized carbons (Fsp3) is 0.250. The minimum Gasteiger partial charge on any atom is -0.273 e. The highest BCUT2D eigenvalue weighted by Gasteiger charge is 2.41. The maximum Gasteiger partial charge on any atom is 0.0870 e. The van der Waals surface area contributed by atoms with Gasteiger partial charge in [-0.05, 0) is 35.6 Å². The molecule has 0 saturated heterocycles. The van der Waals surface area contributed by atoms with Gasteiger partial charge in [0, 0.05) is 0 Å². The molecule has 104 valence electrons. The van der Waals surface area contributed by atoms with E-state index in [1.165, 1.54) is 42.4 Å². The van der Waals surface area contributed by atoms with Crippen LogP contribution < -0.4 is 0 Å². The van der Waals surface area contributed by atoms with E-state index in [-0.39, 0.29) is 5.54 Å². The average Bonchev–Trinajstić information content (AvgIpc) is 3.17. The van der Waals surface area contributed by atoms with Gasteiger partial charge in [-0.15, -0.1) is 0 Å². The van der Waals surface area contributed by atoms with Crippen LogP contribution in [0, 0.1) is 0 Å². The number of nitrogens with zero attached hydrogens (tertiary/aromatic N) is 1. The van der Waals surface area contributed by atoms with Crippen molar-refractivity contribution >= 4 is 11.3 Å². The first kappa shape index (κ1) is 12.6. The molecular formula is C20H19N. The third kappa shape index (κ3) is 2.13. The molecule has 0 radical (unpaired) electrons. The zero-order valence-electron chi connectivity index (χ0n) is 12.1. The van der Waals surface area contributed by atoms with Crippen LogP contribution in [-0.2, 0) is 0 Å². The summed E-state index contributed by atoms with van der Waals surface area (Å²) in [6.45, 7) is 0. The largest absolute Gasteiger partial charge is 0.273 e. The minimum atomic E-state index is 0.0343. The van der Waals surface area contributed by atoms with Crippen LogP contribution in [0.4, 0.5) is 0 Å². The number of hydrogen-bond acceptors (Lipinski definition) is 1. The Morgan fingerprint density at radius 3 is 1.90 bits per heavy atom. The van der Waals surface area contributed by atoms with Crippen LogP contribution in [0.5, 0.6) is 0 Å². The van der Waals surface area contributed by atoms with Crippen LogP contribution in [0.15, 0.2) is 71.7 Å². The summed E-state index contributed by atoms with van der Waals surface area (Å²) in [7, 11) is 0. The molecule has 0 amide bonds. The number of benzene rings is 2. The summed E-state index contributed by atoms with van der Waals surface area (Å²) in [6, 6.07) is 21.3. The minimum absolute atomic E-state index is 0.0343. The van der Waals surface area contributed by atoms with Crippen molar-refractivity contribution in [3.63, 3.8) is 0 Å². The van der Waals surface area contributed by atoms with Crippen molar-refractivity contribution in [2.45, 2.75) is 31.2 Å². The van der Waals surface area contributed by atoms with E-state index in [0.717, 1.165) is 5.71 Å². The van der Waals surface area contributed by atoms with Crippen LogP contribution in [0.25, 0.3) is 5.57 Å². The molecule has 2 aliphatic rings. The molecule has 21 heavy (non-hydrogen) atoms. The van der Waals surface area contributed by atoms with E-state index in [1.807, 2.05) is 0 Å². The molecule has 0 bridgehead atoms. The fourth-order valence-electron chi connectivity index (χ4n) is 3.66. The van der Waals surface area contributed by atoms with Gasteiger partial charge in [0.05, 0.1) is 11.3 Å². The molecule has 1 spiro atoms. The van der Waals surface area contributed by atoms with Crippen molar-refractivity contribution < 1.29 is 0 Å². The lowest BCUT2D eigenvalue weighted by molar-refractivity contribution is 0.580. The van der Waals surface area contributed by atoms with Gasteiger partial charge < -0.3 is 0 Å². The summed E-state index contributed by atoms with van der Waals surface area (Å²) in [4.78, 5) is 5.17. The van der Waals surface area contributed by atoms with E-state index in [9.17, 15) is 0 Å². The predicted molar refractivity (Wildman–Crippen MR) is 88.6 cm³/mol. The molecule has 4 rings (SSSR count). The Kier molecular flexibility index (Phi) is 2.99. The van der Waals surface area contributed by atoms with Gasteiger partial charge in [0.15, 0.2) is 0 Å². The predicted octanol–water partition coefficient (Wildman–Crippen LogP) is 4.89. The third-order valence-corrected chi connectivity index (χ3v) is 4.70. The molecule has 1 heterocycles. The first-order valence-electron chi connectivity index (χ1n) is 7.80. The number of aliphatic imine (C=N–C) groups is 1. The fourth-order valence-corrected chi connectivity index (χ4v) is 3.66. The third-order valence-electron chi connectivity index (χ3n) is 4.70. The summed E-state index contributed by atoms with van der Waals surface area (Å²) in [5.74, 6) is 0. The Morgan fingerprint density at radius 1 is 0.714 bits per heavy atom. The first-order valence-corrected chi connectivity index (χ1v) is 7.80. The van der Waals surface area contributed by atoms with E-state index in [0.29, 0.717) is 0 Å². The second-order valence-electron chi connectivity index (χ2n) is 6.03. The van der Waals surface area contributed by atoms with Crippen molar-refractivity contribution in [3.8, 4) is 0 Å². The molecule has 2 aromatic rings. The molecule has 2 aromatic carbocycles. The maximum absolute atomic E-state index is 5.17. The molecule has 0 unspecified atom stereocenters. The lowest BCUT2D eigenvalue weighted by atomic mass is 9.85. The second kappa shape index (κ2) is 5.00. The number of hydrogen-bond donors (Lipinski definition) is 0. The van der Waals surface area contributed by atoms with Gasteiger partial charge >= 0.3 is 0 Å². The number of allylic oxidation sites excluding steroid dienone is 1. The summed E-state index contributed by atoms with van der Waals surface area (Å²) < 4.78 is 0. The molecule has 1 aliphatic heterocycles. The van der Waals surface area contributed by atoms with Crippen LogP contribution in [-0.4, -0.2) is 11.3 Å². The molecule has 0 N–H and O–H groups in total. The van der Waals surface area contributed by atoms with Crippen LogP contribution in [0.1, 0.15) is 36.8 Å². The van der Waals surface area contributed by atoms with Crippen molar-refractivity contribution in [3.05, 3.63) is 77.9 Å². The zero-order valence-corrected chi connectivity index (χ0v) is 12.1. The van der Waals surface area contributed by atoms with Gasteiger partial charge in [-0.1, -0.05) is 73.5 Å². The Balaban J connectivity index is 1.82. The van der Waals surface area contributed by atoms with Gasteiger partial charge in [-0.2, -0.15) is 0 Å². The Hall–Kier alpha value is -2.15. The van der Waals surface area contributed by atoms with Crippen LogP contribution >= 0.6 is 0 Å². The van der Waals surface area contributed by atoms with E-state index >= 15 is 0 Å². The van der Waals surface area contributed by atoms with E-state index < -0.39 is 0 Å². The van der Waals surface area contributed by atoms with Gasteiger partial charge in [0.2, 0.25) is 0 Å². The molecule has 0 aromatic heterocycles. The van der Waals surface area contributed by atoms with Crippen molar-refractivity contribution in [2.75, 3.05) is 0 Å². The zero-order chi connectivity index (χ0) is 14.1. The smallest absolute Gasteiger partial charge is 0.0870 e. The molecule has 1 fully saturated rings. The Labute approximate surface area is 126 Å². The molecule has 0 atom stereocenters. The van der Waals surface area contributed by atoms with Gasteiger partial charge in [-0.25, -0.2) is 0 Å². The summed E-state index contributed by atoms with van der Waals surface area (Å²) in [5, 5.41) is 0. The lowest BCUT2D eigenvalue weighted by Crippen LogP contribution is -2.21. The van der Waals surface area contributed by atoms with Crippen LogP contribution in [0.2, 0.25) is 0 Å². The standard InChI is InChI=1S/C20H19N/c1-3-9-16(10-4-1)18-15-19(17-11-5-2-6-12-17)21-20(18)13-7-8-14-20/h1-6,9-12,15H,7-8,13-14H2. The first-order chi connectivity index (χ1) is 10.4. The van der Waals surface area contributed by atoms with Crippen molar-refractivity contribution in [2.24, 2.45) is 4.99 Å². The van der Waals surface area contributed by atoms with Crippen molar-refractivity contribution in [1.29, 1.82) is 0 Å². The maximum atomic E-state index is 5.17. The highest BCUT2D eigenvalue weighted by molar-refractivity contribution is 6.16. The van der Waals surface area contributed by atoms with E-state index in [1.54, 1.807) is 0 Å². The lowest BCUT2D eigenvalue weighted by Gasteiger charge is -2.24. The number of rotatable bonds is 2. The van der Waals surface area contributed by atoms with E-state index in [2.05, 4.69) is 66.7 Å². The summed E-state index contributed by atoms with van der Waals surface area (Å²) in [6.07, 6.45) is 7.26. The molecular weight excluding hydrogens is 254 g/mol.